The monoisotopic (exact) mass is 475 g/mol. The Hall–Kier alpha value is -3.46. The fourth-order valence-electron chi connectivity index (χ4n) is 5.03. The van der Waals surface area contributed by atoms with E-state index in [-0.39, 0.29) is 23.1 Å². The highest BCUT2D eigenvalue weighted by atomic mass is 16.2. The summed E-state index contributed by atoms with van der Waals surface area (Å²) in [7, 11) is 5.47. The molecule has 1 saturated heterocycles. The van der Waals surface area contributed by atoms with Crippen LogP contribution < -0.4 is 15.8 Å². The number of nitrogens with one attached hydrogen (secondary N) is 1. The van der Waals surface area contributed by atoms with E-state index in [0.29, 0.717) is 17.0 Å². The summed E-state index contributed by atoms with van der Waals surface area (Å²) in [5, 5.41) is 3.98. The van der Waals surface area contributed by atoms with E-state index in [1.165, 1.54) is 10.6 Å². The Morgan fingerprint density at radius 1 is 1.06 bits per heavy atom. The van der Waals surface area contributed by atoms with Gasteiger partial charge in [-0.3, -0.25) is 14.2 Å². The van der Waals surface area contributed by atoms with Crippen LogP contribution in [0.5, 0.6) is 0 Å². The second-order valence-electron chi connectivity index (χ2n) is 9.81. The standard InChI is InChI=1S/C26H33N7O2/c1-30(2)24(34)22-16-18-17-27-26(29-23(18)33(25(22)35)21-6-4-5-7-21)28-19-8-10-20(11-9-19)32-14-12-31(3)13-15-32/h8-11,16-17,21H,4-7,12-15H2,1-3H3,(H,27,28,29). The summed E-state index contributed by atoms with van der Waals surface area (Å²) >= 11 is 0. The van der Waals surface area contributed by atoms with E-state index in [2.05, 4.69) is 39.3 Å². The van der Waals surface area contributed by atoms with Gasteiger partial charge in [-0.2, -0.15) is 4.98 Å². The molecule has 1 aromatic carbocycles. The fourth-order valence-corrected chi connectivity index (χ4v) is 5.03. The molecule has 2 aromatic heterocycles. The zero-order valence-corrected chi connectivity index (χ0v) is 20.7. The van der Waals surface area contributed by atoms with E-state index in [0.717, 1.165) is 57.5 Å². The number of anilines is 3. The number of aromatic nitrogens is 3. The molecule has 2 fully saturated rings. The Morgan fingerprint density at radius 2 is 1.74 bits per heavy atom. The summed E-state index contributed by atoms with van der Waals surface area (Å²) in [6.45, 7) is 4.17. The molecule has 1 aliphatic heterocycles. The lowest BCUT2D eigenvalue weighted by molar-refractivity contribution is 0.0825. The molecule has 9 nitrogen and oxygen atoms in total. The average molecular weight is 476 g/mol. The van der Waals surface area contributed by atoms with Crippen molar-refractivity contribution in [2.75, 3.05) is 57.5 Å². The van der Waals surface area contributed by atoms with Crippen molar-refractivity contribution >= 4 is 34.3 Å². The average Bonchev–Trinajstić information content (AvgIpc) is 3.39. The SMILES string of the molecule is CN1CCN(c2ccc(Nc3ncc4cc(C(=O)N(C)C)c(=O)n(C5CCCC5)c4n3)cc2)CC1. The van der Waals surface area contributed by atoms with Gasteiger partial charge in [0.25, 0.3) is 11.5 Å². The fraction of sp³-hybridized carbons (Fsp3) is 0.462. The molecule has 0 unspecified atom stereocenters. The Kier molecular flexibility index (Phi) is 6.42. The minimum Gasteiger partial charge on any atom is -0.369 e. The quantitative estimate of drug-likeness (QED) is 0.607. The molecule has 9 heteroatoms. The molecule has 0 radical (unpaired) electrons. The molecule has 2 aliphatic rings. The molecule has 1 N–H and O–H groups in total. The summed E-state index contributed by atoms with van der Waals surface area (Å²) in [6, 6.07) is 9.96. The Balaban J connectivity index is 1.46. The molecule has 3 heterocycles. The number of benzene rings is 1. The summed E-state index contributed by atoms with van der Waals surface area (Å²) in [4.78, 5) is 41.5. The summed E-state index contributed by atoms with van der Waals surface area (Å²) in [6.07, 6.45) is 5.66. The van der Waals surface area contributed by atoms with Crippen molar-refractivity contribution in [3.63, 3.8) is 0 Å². The normalized spacial score (nSPS) is 17.2. The van der Waals surface area contributed by atoms with E-state index in [1.54, 1.807) is 30.9 Å². The number of rotatable bonds is 5. The first kappa shape index (κ1) is 23.3. The number of pyridine rings is 1. The number of carbonyl (C=O) groups excluding carboxylic acids is 1. The molecular weight excluding hydrogens is 442 g/mol. The van der Waals surface area contributed by atoms with Gasteiger partial charge in [0.1, 0.15) is 11.2 Å². The topological polar surface area (TPSA) is 86.6 Å². The van der Waals surface area contributed by atoms with E-state index in [4.69, 9.17) is 4.98 Å². The minimum absolute atomic E-state index is 0.0468. The molecule has 184 valence electrons. The van der Waals surface area contributed by atoms with Crippen molar-refractivity contribution in [2.24, 2.45) is 0 Å². The lowest BCUT2D eigenvalue weighted by atomic mass is 10.1. The van der Waals surface area contributed by atoms with Crippen molar-refractivity contribution in [3.8, 4) is 0 Å². The lowest BCUT2D eigenvalue weighted by Crippen LogP contribution is -2.44. The summed E-state index contributed by atoms with van der Waals surface area (Å²) in [5.74, 6) is 0.133. The predicted octanol–water partition coefficient (Wildman–Crippen LogP) is 3.10. The number of fused-ring (bicyclic) bond motifs is 1. The molecule has 5 rings (SSSR count). The van der Waals surface area contributed by atoms with Crippen molar-refractivity contribution in [1.82, 2.24) is 24.3 Å². The van der Waals surface area contributed by atoms with E-state index in [9.17, 15) is 9.59 Å². The molecule has 1 saturated carbocycles. The van der Waals surface area contributed by atoms with Crippen LogP contribution in [0, 0.1) is 0 Å². The first-order valence-corrected chi connectivity index (χ1v) is 12.4. The first-order valence-electron chi connectivity index (χ1n) is 12.4. The summed E-state index contributed by atoms with van der Waals surface area (Å²) in [5.41, 5.74) is 2.55. The van der Waals surface area contributed by atoms with Crippen molar-refractivity contribution in [2.45, 2.75) is 31.7 Å². The highest BCUT2D eigenvalue weighted by molar-refractivity contribution is 5.96. The van der Waals surface area contributed by atoms with Crippen LogP contribution in [-0.2, 0) is 0 Å². The van der Waals surface area contributed by atoms with Gasteiger partial charge in [0.15, 0.2) is 0 Å². The molecule has 0 bridgehead atoms. The third-order valence-corrected chi connectivity index (χ3v) is 7.09. The maximum atomic E-state index is 13.4. The number of carbonyl (C=O) groups is 1. The zero-order chi connectivity index (χ0) is 24.5. The van der Waals surface area contributed by atoms with Gasteiger partial charge in [-0.05, 0) is 50.2 Å². The van der Waals surface area contributed by atoms with Crippen LogP contribution in [0.25, 0.3) is 11.0 Å². The molecule has 1 aliphatic carbocycles. The van der Waals surface area contributed by atoms with Gasteiger partial charge in [-0.25, -0.2) is 4.98 Å². The predicted molar refractivity (Wildman–Crippen MR) is 139 cm³/mol. The maximum Gasteiger partial charge on any atom is 0.265 e. The van der Waals surface area contributed by atoms with Gasteiger partial charge < -0.3 is 20.0 Å². The second-order valence-corrected chi connectivity index (χ2v) is 9.81. The van der Waals surface area contributed by atoms with E-state index in [1.807, 2.05) is 12.1 Å². The Morgan fingerprint density at radius 3 is 2.40 bits per heavy atom. The molecule has 0 atom stereocenters. The highest BCUT2D eigenvalue weighted by Gasteiger charge is 2.25. The number of piperazine rings is 1. The van der Waals surface area contributed by atoms with Crippen LogP contribution in [0.15, 0.2) is 41.3 Å². The first-order chi connectivity index (χ1) is 16.9. The molecule has 1 amide bonds. The Bertz CT molecular complexity index is 1270. The number of likely N-dealkylation sites (N-methyl/N-ethyl adjacent to an activating group) is 1. The van der Waals surface area contributed by atoms with Gasteiger partial charge in [0.2, 0.25) is 5.95 Å². The van der Waals surface area contributed by atoms with E-state index < -0.39 is 0 Å². The van der Waals surface area contributed by atoms with Crippen LogP contribution in [0.1, 0.15) is 42.1 Å². The largest absolute Gasteiger partial charge is 0.369 e. The molecule has 0 spiro atoms. The van der Waals surface area contributed by atoms with Crippen LogP contribution in [0.2, 0.25) is 0 Å². The van der Waals surface area contributed by atoms with Gasteiger partial charge in [0.05, 0.1) is 0 Å². The minimum atomic E-state index is -0.300. The number of hydrogen-bond donors (Lipinski definition) is 1. The smallest absolute Gasteiger partial charge is 0.265 e. The highest BCUT2D eigenvalue weighted by Crippen LogP contribution is 2.31. The van der Waals surface area contributed by atoms with Gasteiger partial charge in [-0.15, -0.1) is 0 Å². The van der Waals surface area contributed by atoms with Crippen molar-refractivity contribution in [1.29, 1.82) is 0 Å². The second kappa shape index (κ2) is 9.65. The number of nitrogens with zero attached hydrogens (tertiary/aromatic N) is 6. The van der Waals surface area contributed by atoms with Gasteiger partial charge in [0, 0.05) is 69.3 Å². The van der Waals surface area contributed by atoms with Crippen LogP contribution in [0.4, 0.5) is 17.3 Å². The molecular formula is C26H33N7O2. The zero-order valence-electron chi connectivity index (χ0n) is 20.7. The number of amides is 1. The Labute approximate surface area is 205 Å². The third-order valence-electron chi connectivity index (χ3n) is 7.09. The van der Waals surface area contributed by atoms with Crippen molar-refractivity contribution < 1.29 is 4.79 Å². The van der Waals surface area contributed by atoms with Crippen LogP contribution in [0.3, 0.4) is 0 Å². The van der Waals surface area contributed by atoms with Crippen molar-refractivity contribution in [3.05, 3.63) is 52.4 Å². The lowest BCUT2D eigenvalue weighted by Gasteiger charge is -2.34. The third kappa shape index (κ3) is 4.73. The molecule has 3 aromatic rings. The van der Waals surface area contributed by atoms with Gasteiger partial charge in [-0.1, -0.05) is 12.8 Å². The van der Waals surface area contributed by atoms with Crippen LogP contribution >= 0.6 is 0 Å². The molecule has 35 heavy (non-hydrogen) atoms. The number of hydrogen-bond acceptors (Lipinski definition) is 7. The van der Waals surface area contributed by atoms with Gasteiger partial charge >= 0.3 is 0 Å². The maximum absolute atomic E-state index is 13.4. The summed E-state index contributed by atoms with van der Waals surface area (Å²) < 4.78 is 1.72. The van der Waals surface area contributed by atoms with E-state index >= 15 is 0 Å². The van der Waals surface area contributed by atoms with Crippen LogP contribution in [-0.4, -0.2) is 77.6 Å².